The second-order valence-electron chi connectivity index (χ2n) is 6.52. The van der Waals surface area contributed by atoms with Crippen molar-refractivity contribution >= 4 is 23.6 Å². The van der Waals surface area contributed by atoms with E-state index >= 15 is 0 Å². The quantitative estimate of drug-likeness (QED) is 0.589. The number of hydrogen-bond acceptors (Lipinski definition) is 6. The first kappa shape index (κ1) is 18.0. The fourth-order valence-electron chi connectivity index (χ4n) is 3.34. The van der Waals surface area contributed by atoms with E-state index in [1.165, 1.54) is 11.8 Å². The molecule has 25 heavy (non-hydrogen) atoms. The first-order valence-electron chi connectivity index (χ1n) is 8.66. The van der Waals surface area contributed by atoms with Gasteiger partial charge < -0.3 is 9.64 Å². The topological polar surface area (TPSA) is 81.5 Å². The summed E-state index contributed by atoms with van der Waals surface area (Å²) in [4.78, 5) is 43.2. The zero-order valence-corrected chi connectivity index (χ0v) is 15.4. The molecule has 0 N–H and O–H groups in total. The van der Waals surface area contributed by atoms with Crippen LogP contribution in [0.1, 0.15) is 25.3 Å². The van der Waals surface area contributed by atoms with Crippen molar-refractivity contribution in [2.75, 3.05) is 25.4 Å². The average Bonchev–Trinajstić information content (AvgIpc) is 2.64. The molecule has 7 nitrogen and oxygen atoms in total. The van der Waals surface area contributed by atoms with Gasteiger partial charge in [0.15, 0.2) is 5.16 Å². The Bertz CT molecular complexity index is 733. The van der Waals surface area contributed by atoms with Crippen molar-refractivity contribution in [1.29, 1.82) is 0 Å². The van der Waals surface area contributed by atoms with Crippen LogP contribution in [0.5, 0.6) is 0 Å². The van der Waals surface area contributed by atoms with Crippen LogP contribution in [0.3, 0.4) is 0 Å². The number of carbonyl (C=O) groups excluding carboxylic acids is 2. The molecule has 2 aliphatic rings. The first-order valence-corrected chi connectivity index (χ1v) is 9.64. The number of nitrogens with zero attached hydrogens (tertiary/aromatic N) is 3. The second kappa shape index (κ2) is 7.59. The summed E-state index contributed by atoms with van der Waals surface area (Å²) < 4.78 is 6.69. The van der Waals surface area contributed by atoms with E-state index < -0.39 is 0 Å². The molecule has 1 aromatic heterocycles. The summed E-state index contributed by atoms with van der Waals surface area (Å²) in [5.41, 5.74) is 0.496. The number of fused-ring (bicyclic) bond motifs is 1. The summed E-state index contributed by atoms with van der Waals surface area (Å²) in [6.07, 6.45) is 3.14. The largest absolute Gasteiger partial charge is 0.466 e. The molecule has 8 heteroatoms. The van der Waals surface area contributed by atoms with E-state index in [0.29, 0.717) is 42.7 Å². The maximum Gasteiger partial charge on any atom is 0.310 e. The number of rotatable bonds is 3. The molecule has 1 saturated heterocycles. The van der Waals surface area contributed by atoms with Gasteiger partial charge in [0, 0.05) is 37.1 Å². The minimum absolute atomic E-state index is 0.0144. The highest BCUT2D eigenvalue weighted by Gasteiger charge is 2.34. The monoisotopic (exact) mass is 365 g/mol. The number of amides is 1. The van der Waals surface area contributed by atoms with Gasteiger partial charge in [-0.1, -0.05) is 11.8 Å². The van der Waals surface area contributed by atoms with Crippen molar-refractivity contribution in [2.45, 2.75) is 38.4 Å². The molecule has 0 bridgehead atoms. The molecule has 1 fully saturated rings. The van der Waals surface area contributed by atoms with Gasteiger partial charge in [-0.05, 0) is 26.7 Å². The van der Waals surface area contributed by atoms with E-state index in [1.54, 1.807) is 29.5 Å². The van der Waals surface area contributed by atoms with E-state index in [-0.39, 0.29) is 29.3 Å². The number of hydrogen-bond donors (Lipinski definition) is 0. The fraction of sp³-hybridized carbons (Fsp3) is 0.647. The molecule has 0 aliphatic carbocycles. The molecule has 2 aliphatic heterocycles. The predicted octanol–water partition coefficient (Wildman–Crippen LogP) is 1.08. The van der Waals surface area contributed by atoms with Gasteiger partial charge in [-0.3, -0.25) is 19.0 Å². The van der Waals surface area contributed by atoms with Gasteiger partial charge in [0.1, 0.15) is 0 Å². The molecule has 3 heterocycles. The molecule has 0 spiro atoms. The number of ether oxygens (including phenoxy) is 1. The van der Waals surface area contributed by atoms with Crippen molar-refractivity contribution in [2.24, 2.45) is 11.8 Å². The smallest absolute Gasteiger partial charge is 0.310 e. The molecule has 0 radical (unpaired) electrons. The zero-order valence-electron chi connectivity index (χ0n) is 14.6. The van der Waals surface area contributed by atoms with Crippen LogP contribution in [0.2, 0.25) is 0 Å². The molecule has 3 rings (SSSR count). The van der Waals surface area contributed by atoms with E-state index in [1.807, 2.05) is 0 Å². The van der Waals surface area contributed by atoms with Gasteiger partial charge in [-0.2, -0.15) is 0 Å². The molecule has 136 valence electrons. The van der Waals surface area contributed by atoms with Gasteiger partial charge in [0.05, 0.1) is 18.4 Å². The van der Waals surface area contributed by atoms with Crippen LogP contribution in [-0.2, 0) is 20.9 Å². The normalized spacial score (nSPS) is 23.0. The molecule has 0 unspecified atom stereocenters. The zero-order chi connectivity index (χ0) is 18.0. The van der Waals surface area contributed by atoms with Gasteiger partial charge in [0.25, 0.3) is 5.56 Å². The number of likely N-dealkylation sites (tertiary alicyclic amines) is 1. The Morgan fingerprint density at radius 2 is 2.16 bits per heavy atom. The highest BCUT2D eigenvalue weighted by atomic mass is 32.2. The van der Waals surface area contributed by atoms with E-state index in [0.717, 1.165) is 12.8 Å². The Morgan fingerprint density at radius 3 is 2.92 bits per heavy atom. The molecular weight excluding hydrogens is 342 g/mol. The van der Waals surface area contributed by atoms with Crippen LogP contribution < -0.4 is 5.56 Å². The lowest BCUT2D eigenvalue weighted by Gasteiger charge is -2.35. The summed E-state index contributed by atoms with van der Waals surface area (Å²) in [6, 6.07) is 0. The van der Waals surface area contributed by atoms with Crippen molar-refractivity contribution in [3.05, 3.63) is 22.1 Å². The highest BCUT2D eigenvalue weighted by molar-refractivity contribution is 7.99. The Hall–Kier alpha value is -1.83. The van der Waals surface area contributed by atoms with E-state index in [9.17, 15) is 14.4 Å². The second-order valence-corrected chi connectivity index (χ2v) is 7.51. The molecule has 1 amide bonds. The van der Waals surface area contributed by atoms with Crippen LogP contribution in [-0.4, -0.2) is 51.8 Å². The standard InChI is InChI=1S/C17H23N3O4S/c1-3-24-16(23)12-5-4-6-19(8-12)15(22)13-9-20-14(21)11(2)7-18-17(20)25-10-13/h7,12-13H,3-6,8-10H2,1-2H3/t12-,13+/m0/s1. The lowest BCUT2D eigenvalue weighted by Crippen LogP contribution is -2.48. The summed E-state index contributed by atoms with van der Waals surface area (Å²) in [5, 5.41) is 0.669. The highest BCUT2D eigenvalue weighted by Crippen LogP contribution is 2.28. The minimum Gasteiger partial charge on any atom is -0.466 e. The fourth-order valence-corrected chi connectivity index (χ4v) is 4.38. The molecule has 1 aromatic rings. The van der Waals surface area contributed by atoms with Gasteiger partial charge in [0.2, 0.25) is 5.91 Å². The van der Waals surface area contributed by atoms with Crippen molar-refractivity contribution in [3.8, 4) is 0 Å². The number of carbonyl (C=O) groups is 2. The average molecular weight is 365 g/mol. The number of piperidine rings is 1. The number of aryl methyl sites for hydroxylation is 1. The van der Waals surface area contributed by atoms with E-state index in [4.69, 9.17) is 4.74 Å². The van der Waals surface area contributed by atoms with Crippen LogP contribution >= 0.6 is 11.8 Å². The van der Waals surface area contributed by atoms with Crippen molar-refractivity contribution in [3.63, 3.8) is 0 Å². The molecule has 2 atom stereocenters. The third-order valence-corrected chi connectivity index (χ3v) is 5.85. The number of thioether (sulfide) groups is 1. The first-order chi connectivity index (χ1) is 12.0. The van der Waals surface area contributed by atoms with E-state index in [2.05, 4.69) is 4.98 Å². The van der Waals surface area contributed by atoms with Crippen LogP contribution in [0.4, 0.5) is 0 Å². The Kier molecular flexibility index (Phi) is 5.46. The van der Waals surface area contributed by atoms with Crippen molar-refractivity contribution < 1.29 is 14.3 Å². The third-order valence-electron chi connectivity index (χ3n) is 4.70. The van der Waals surface area contributed by atoms with Gasteiger partial charge >= 0.3 is 5.97 Å². The minimum atomic E-state index is -0.264. The maximum atomic E-state index is 12.9. The Balaban J connectivity index is 1.70. The number of aromatic nitrogens is 2. The molecule has 0 saturated carbocycles. The van der Waals surface area contributed by atoms with Crippen LogP contribution in [0.25, 0.3) is 0 Å². The van der Waals surface area contributed by atoms with Crippen LogP contribution in [0.15, 0.2) is 16.1 Å². The lowest BCUT2D eigenvalue weighted by atomic mass is 9.96. The van der Waals surface area contributed by atoms with Crippen LogP contribution in [0, 0.1) is 18.8 Å². The molecular formula is C17H23N3O4S. The lowest BCUT2D eigenvalue weighted by molar-refractivity contribution is -0.151. The van der Waals surface area contributed by atoms with Gasteiger partial charge in [-0.15, -0.1) is 0 Å². The number of esters is 1. The Morgan fingerprint density at radius 1 is 1.36 bits per heavy atom. The summed E-state index contributed by atoms with van der Waals surface area (Å²) in [6.45, 7) is 5.29. The summed E-state index contributed by atoms with van der Waals surface area (Å²) in [7, 11) is 0. The predicted molar refractivity (Wildman–Crippen MR) is 93.4 cm³/mol. The SMILES string of the molecule is CCOC(=O)[C@H]1CCCN(C(=O)[C@H]2CSc3ncc(C)c(=O)n3C2)C1. The summed E-state index contributed by atoms with van der Waals surface area (Å²) >= 11 is 1.44. The van der Waals surface area contributed by atoms with Crippen molar-refractivity contribution in [1.82, 2.24) is 14.5 Å². The third kappa shape index (κ3) is 3.73. The maximum absolute atomic E-state index is 12.9. The molecule has 0 aromatic carbocycles. The van der Waals surface area contributed by atoms with Gasteiger partial charge in [-0.25, -0.2) is 4.98 Å². The Labute approximate surface area is 150 Å². The summed E-state index contributed by atoms with van der Waals surface area (Å²) in [5.74, 6) is -0.109.